The maximum atomic E-state index is 12.0. The molecule has 4 heteroatoms. The predicted molar refractivity (Wildman–Crippen MR) is 77.3 cm³/mol. The number of likely N-dealkylation sites (tertiary alicyclic amines) is 1. The number of nitrogens with one attached hydrogen (secondary N) is 2. The number of piperidine rings is 1. The highest BCUT2D eigenvalue weighted by Gasteiger charge is 2.23. The van der Waals surface area contributed by atoms with E-state index in [4.69, 9.17) is 11.6 Å². The highest BCUT2D eigenvalue weighted by molar-refractivity contribution is 6.30. The molecule has 3 nitrogen and oxygen atoms in total. The number of hydrogen-bond donors (Lipinski definition) is 2. The largest absolute Gasteiger partial charge is 0.347 e. The van der Waals surface area contributed by atoms with Crippen molar-refractivity contribution in [2.45, 2.75) is 38.8 Å². The first-order chi connectivity index (χ1) is 9.15. The van der Waals surface area contributed by atoms with Crippen molar-refractivity contribution in [3.8, 4) is 0 Å². The van der Waals surface area contributed by atoms with Crippen LogP contribution < -0.4 is 10.2 Å². The first-order valence-electron chi connectivity index (χ1n) is 7.01. The zero-order chi connectivity index (χ0) is 13.7. The van der Waals surface area contributed by atoms with Crippen LogP contribution in [0.4, 0.5) is 0 Å². The van der Waals surface area contributed by atoms with Crippen molar-refractivity contribution >= 4 is 17.5 Å². The molecule has 1 saturated heterocycles. The van der Waals surface area contributed by atoms with Gasteiger partial charge in [0.05, 0.1) is 12.6 Å². The van der Waals surface area contributed by atoms with Crippen molar-refractivity contribution in [3.63, 3.8) is 0 Å². The molecule has 1 heterocycles. The Balaban J connectivity index is 1.78. The smallest absolute Gasteiger partial charge is 0.275 e. The van der Waals surface area contributed by atoms with E-state index in [1.165, 1.54) is 24.2 Å². The molecule has 2 atom stereocenters. The third kappa shape index (κ3) is 4.51. The van der Waals surface area contributed by atoms with Gasteiger partial charge in [0, 0.05) is 11.6 Å². The highest BCUT2D eigenvalue weighted by atomic mass is 35.5. The Morgan fingerprint density at radius 1 is 1.47 bits per heavy atom. The topological polar surface area (TPSA) is 33.5 Å². The molecule has 1 amide bonds. The molecule has 19 heavy (non-hydrogen) atoms. The molecular formula is C15H22ClN2O+. The number of benzene rings is 1. The summed E-state index contributed by atoms with van der Waals surface area (Å²) < 4.78 is 0. The minimum absolute atomic E-state index is 0.128. The van der Waals surface area contributed by atoms with Crippen molar-refractivity contribution < 1.29 is 9.69 Å². The standard InChI is InChI=1S/C15H21ClN2O/c1-12-5-2-3-8-18(12)11-15(19)17-10-13-6-4-7-14(16)9-13/h4,6-7,9,12H,2-3,5,8,10-11H2,1H3,(H,17,19)/p+1/t12-/m1/s1. The normalized spacial score (nSPS) is 23.1. The summed E-state index contributed by atoms with van der Waals surface area (Å²) in [6, 6.07) is 8.21. The van der Waals surface area contributed by atoms with Crippen molar-refractivity contribution in [1.82, 2.24) is 5.32 Å². The summed E-state index contributed by atoms with van der Waals surface area (Å²) in [6.07, 6.45) is 3.77. The molecule has 1 aliphatic rings. The number of carbonyl (C=O) groups excluding carboxylic acids is 1. The van der Waals surface area contributed by atoms with Crippen LogP contribution in [0.3, 0.4) is 0 Å². The molecule has 2 N–H and O–H groups in total. The highest BCUT2D eigenvalue weighted by Crippen LogP contribution is 2.10. The molecule has 1 unspecified atom stereocenters. The van der Waals surface area contributed by atoms with Crippen LogP contribution in [-0.2, 0) is 11.3 Å². The molecule has 0 aromatic heterocycles. The van der Waals surface area contributed by atoms with Gasteiger partial charge in [0.2, 0.25) is 0 Å². The van der Waals surface area contributed by atoms with Gasteiger partial charge < -0.3 is 10.2 Å². The van der Waals surface area contributed by atoms with E-state index in [0.717, 1.165) is 12.1 Å². The summed E-state index contributed by atoms with van der Waals surface area (Å²) in [5.41, 5.74) is 1.04. The number of amides is 1. The summed E-state index contributed by atoms with van der Waals surface area (Å²) in [4.78, 5) is 13.4. The fourth-order valence-corrected chi connectivity index (χ4v) is 2.84. The third-order valence-corrected chi connectivity index (χ3v) is 4.08. The van der Waals surface area contributed by atoms with E-state index in [1.807, 2.05) is 24.3 Å². The van der Waals surface area contributed by atoms with Crippen molar-refractivity contribution in [2.24, 2.45) is 0 Å². The number of rotatable bonds is 4. The lowest BCUT2D eigenvalue weighted by molar-refractivity contribution is -0.921. The maximum absolute atomic E-state index is 12.0. The van der Waals surface area contributed by atoms with Crippen LogP contribution in [0.15, 0.2) is 24.3 Å². The van der Waals surface area contributed by atoms with E-state index < -0.39 is 0 Å². The van der Waals surface area contributed by atoms with E-state index in [2.05, 4.69) is 12.2 Å². The minimum atomic E-state index is 0.128. The summed E-state index contributed by atoms with van der Waals surface area (Å²) >= 11 is 5.92. The Labute approximate surface area is 119 Å². The van der Waals surface area contributed by atoms with Gasteiger partial charge in [-0.15, -0.1) is 0 Å². The van der Waals surface area contributed by atoms with E-state index in [0.29, 0.717) is 24.2 Å². The molecule has 1 aliphatic heterocycles. The Morgan fingerprint density at radius 3 is 3.05 bits per heavy atom. The molecule has 0 aliphatic carbocycles. The SMILES string of the molecule is C[C@@H]1CCCC[NH+]1CC(=O)NCc1cccc(Cl)c1. The van der Waals surface area contributed by atoms with Crippen LogP contribution in [0.2, 0.25) is 5.02 Å². The zero-order valence-corrected chi connectivity index (χ0v) is 12.2. The number of carbonyl (C=O) groups is 1. The van der Waals surface area contributed by atoms with Gasteiger partial charge in [-0.3, -0.25) is 4.79 Å². The fraction of sp³-hybridized carbons (Fsp3) is 0.533. The maximum Gasteiger partial charge on any atom is 0.275 e. The van der Waals surface area contributed by atoms with Crippen LogP contribution in [0.25, 0.3) is 0 Å². The van der Waals surface area contributed by atoms with Gasteiger partial charge in [-0.25, -0.2) is 0 Å². The molecular weight excluding hydrogens is 260 g/mol. The molecule has 0 spiro atoms. The minimum Gasteiger partial charge on any atom is -0.347 e. The summed E-state index contributed by atoms with van der Waals surface area (Å²) in [5.74, 6) is 0.128. The molecule has 1 fully saturated rings. The molecule has 0 radical (unpaired) electrons. The average Bonchev–Trinajstić information content (AvgIpc) is 2.39. The summed E-state index contributed by atoms with van der Waals surface area (Å²) in [6.45, 7) is 4.49. The Hall–Kier alpha value is -1.06. The van der Waals surface area contributed by atoms with E-state index in [-0.39, 0.29) is 5.91 Å². The number of quaternary nitrogens is 1. The molecule has 0 bridgehead atoms. The zero-order valence-electron chi connectivity index (χ0n) is 11.4. The lowest BCUT2D eigenvalue weighted by Gasteiger charge is -2.29. The second-order valence-corrected chi connectivity index (χ2v) is 5.82. The van der Waals surface area contributed by atoms with Crippen LogP contribution >= 0.6 is 11.6 Å². The summed E-state index contributed by atoms with van der Waals surface area (Å²) in [5, 5.41) is 3.69. The van der Waals surface area contributed by atoms with Crippen molar-refractivity contribution in [3.05, 3.63) is 34.9 Å². The fourth-order valence-electron chi connectivity index (χ4n) is 2.63. The third-order valence-electron chi connectivity index (χ3n) is 3.85. The van der Waals surface area contributed by atoms with Crippen LogP contribution in [0.1, 0.15) is 31.7 Å². The Morgan fingerprint density at radius 2 is 2.32 bits per heavy atom. The van der Waals surface area contributed by atoms with Crippen LogP contribution in [-0.4, -0.2) is 25.0 Å². The lowest BCUT2D eigenvalue weighted by atomic mass is 10.0. The van der Waals surface area contributed by atoms with Gasteiger partial charge in [0.15, 0.2) is 6.54 Å². The Kier molecular flexibility index (Phi) is 5.23. The van der Waals surface area contributed by atoms with Gasteiger partial charge in [0.1, 0.15) is 0 Å². The average molecular weight is 282 g/mol. The van der Waals surface area contributed by atoms with Gasteiger partial charge in [-0.05, 0) is 43.9 Å². The van der Waals surface area contributed by atoms with Gasteiger partial charge in [-0.2, -0.15) is 0 Å². The second kappa shape index (κ2) is 6.92. The van der Waals surface area contributed by atoms with Crippen LogP contribution in [0, 0.1) is 0 Å². The van der Waals surface area contributed by atoms with Crippen molar-refractivity contribution in [2.75, 3.05) is 13.1 Å². The number of hydrogen-bond acceptors (Lipinski definition) is 1. The van der Waals surface area contributed by atoms with E-state index in [1.54, 1.807) is 0 Å². The second-order valence-electron chi connectivity index (χ2n) is 5.39. The quantitative estimate of drug-likeness (QED) is 0.860. The molecule has 104 valence electrons. The van der Waals surface area contributed by atoms with E-state index in [9.17, 15) is 4.79 Å². The molecule has 1 aromatic carbocycles. The molecule has 0 saturated carbocycles. The monoisotopic (exact) mass is 281 g/mol. The van der Waals surface area contributed by atoms with Gasteiger partial charge in [0.25, 0.3) is 5.91 Å². The molecule has 2 rings (SSSR count). The van der Waals surface area contributed by atoms with Crippen molar-refractivity contribution in [1.29, 1.82) is 0 Å². The number of halogens is 1. The predicted octanol–water partition coefficient (Wildman–Crippen LogP) is 1.41. The van der Waals surface area contributed by atoms with E-state index >= 15 is 0 Å². The Bertz CT molecular complexity index is 436. The first-order valence-corrected chi connectivity index (χ1v) is 7.38. The lowest BCUT2D eigenvalue weighted by Crippen LogP contribution is -3.17. The van der Waals surface area contributed by atoms with Crippen LogP contribution in [0.5, 0.6) is 0 Å². The first kappa shape index (κ1) is 14.4. The summed E-state index contributed by atoms with van der Waals surface area (Å²) in [7, 11) is 0. The van der Waals surface area contributed by atoms with Gasteiger partial charge >= 0.3 is 0 Å². The molecule has 1 aromatic rings. The van der Waals surface area contributed by atoms with Gasteiger partial charge in [-0.1, -0.05) is 23.7 Å².